The van der Waals surface area contributed by atoms with Crippen molar-refractivity contribution >= 4 is 0 Å². The SMILES string of the molecule is CCCN1CCC(O)(C(F)(F)F)C1. The van der Waals surface area contributed by atoms with E-state index in [4.69, 9.17) is 0 Å². The van der Waals surface area contributed by atoms with Gasteiger partial charge in [-0.15, -0.1) is 0 Å². The van der Waals surface area contributed by atoms with Gasteiger partial charge in [0.05, 0.1) is 0 Å². The highest BCUT2D eigenvalue weighted by atomic mass is 19.4. The van der Waals surface area contributed by atoms with Gasteiger partial charge in [-0.1, -0.05) is 6.92 Å². The maximum absolute atomic E-state index is 12.3. The van der Waals surface area contributed by atoms with Gasteiger partial charge in [0.15, 0.2) is 5.60 Å². The van der Waals surface area contributed by atoms with E-state index in [-0.39, 0.29) is 13.0 Å². The number of β-amino-alcohol motifs (C(OH)–C–C–N with tert-alkyl or cyclic N) is 1. The summed E-state index contributed by atoms with van der Waals surface area (Å²) in [7, 11) is 0. The smallest absolute Gasteiger partial charge is 0.379 e. The Balaban J connectivity index is 2.56. The lowest BCUT2D eigenvalue weighted by Crippen LogP contribution is -2.47. The van der Waals surface area contributed by atoms with E-state index in [1.54, 1.807) is 4.90 Å². The molecule has 0 spiro atoms. The molecule has 2 nitrogen and oxygen atoms in total. The summed E-state index contributed by atoms with van der Waals surface area (Å²) in [6.45, 7) is 2.59. The molecule has 0 bridgehead atoms. The molecule has 1 rings (SSSR count). The van der Waals surface area contributed by atoms with Gasteiger partial charge in [-0.2, -0.15) is 13.2 Å². The molecule has 1 unspecified atom stereocenters. The standard InChI is InChI=1S/C8H14F3NO/c1-2-4-12-5-3-7(13,6-12)8(9,10)11/h13H,2-6H2,1H3. The third-order valence-corrected chi connectivity index (χ3v) is 2.39. The van der Waals surface area contributed by atoms with Crippen molar-refractivity contribution < 1.29 is 18.3 Å². The fourth-order valence-electron chi connectivity index (χ4n) is 1.61. The van der Waals surface area contributed by atoms with Crippen molar-refractivity contribution in [3.05, 3.63) is 0 Å². The first kappa shape index (κ1) is 10.8. The van der Waals surface area contributed by atoms with Gasteiger partial charge in [0.1, 0.15) is 0 Å². The summed E-state index contributed by atoms with van der Waals surface area (Å²) in [4.78, 5) is 1.65. The van der Waals surface area contributed by atoms with E-state index in [1.165, 1.54) is 0 Å². The van der Waals surface area contributed by atoms with Crippen LogP contribution in [-0.4, -0.2) is 41.4 Å². The summed E-state index contributed by atoms with van der Waals surface area (Å²) in [5.74, 6) is 0. The van der Waals surface area contributed by atoms with E-state index in [9.17, 15) is 18.3 Å². The third-order valence-electron chi connectivity index (χ3n) is 2.39. The molecule has 1 fully saturated rings. The van der Waals surface area contributed by atoms with Crippen LogP contribution in [0, 0.1) is 0 Å². The number of nitrogens with zero attached hydrogens (tertiary/aromatic N) is 1. The molecule has 1 aliphatic heterocycles. The minimum atomic E-state index is -4.49. The van der Waals surface area contributed by atoms with Crippen LogP contribution in [0.5, 0.6) is 0 Å². The first-order valence-electron chi connectivity index (χ1n) is 4.40. The minimum Gasteiger partial charge on any atom is -0.379 e. The molecule has 1 heterocycles. The van der Waals surface area contributed by atoms with Gasteiger partial charge in [0.2, 0.25) is 0 Å². The Hall–Kier alpha value is -0.290. The van der Waals surface area contributed by atoms with Crippen LogP contribution in [0.1, 0.15) is 19.8 Å². The molecule has 0 saturated carbocycles. The predicted molar refractivity (Wildman–Crippen MR) is 42.4 cm³/mol. The van der Waals surface area contributed by atoms with Crippen molar-refractivity contribution in [1.82, 2.24) is 4.90 Å². The Morgan fingerprint density at radius 2 is 2.08 bits per heavy atom. The van der Waals surface area contributed by atoms with Crippen molar-refractivity contribution in [2.75, 3.05) is 19.6 Å². The fraction of sp³-hybridized carbons (Fsp3) is 1.00. The van der Waals surface area contributed by atoms with E-state index < -0.39 is 11.8 Å². The fourth-order valence-corrected chi connectivity index (χ4v) is 1.61. The van der Waals surface area contributed by atoms with E-state index in [0.717, 1.165) is 6.42 Å². The number of aliphatic hydroxyl groups is 1. The van der Waals surface area contributed by atoms with Crippen LogP contribution >= 0.6 is 0 Å². The van der Waals surface area contributed by atoms with Crippen LogP contribution in [0.2, 0.25) is 0 Å². The normalized spacial score (nSPS) is 31.2. The van der Waals surface area contributed by atoms with Crippen LogP contribution in [0.4, 0.5) is 13.2 Å². The Morgan fingerprint density at radius 3 is 2.46 bits per heavy atom. The van der Waals surface area contributed by atoms with Crippen LogP contribution in [0.3, 0.4) is 0 Å². The number of hydrogen-bond donors (Lipinski definition) is 1. The summed E-state index contributed by atoms with van der Waals surface area (Å²) < 4.78 is 36.8. The number of alkyl halides is 3. The van der Waals surface area contributed by atoms with Gasteiger partial charge in [0.25, 0.3) is 0 Å². The quantitative estimate of drug-likeness (QED) is 0.723. The molecular weight excluding hydrogens is 183 g/mol. The maximum atomic E-state index is 12.3. The zero-order chi connectivity index (χ0) is 10.1. The van der Waals surface area contributed by atoms with Gasteiger partial charge in [-0.3, -0.25) is 0 Å². The number of hydrogen-bond acceptors (Lipinski definition) is 2. The number of rotatable bonds is 2. The van der Waals surface area contributed by atoms with E-state index in [1.807, 2.05) is 6.92 Å². The molecule has 0 aromatic rings. The second kappa shape index (κ2) is 3.46. The summed E-state index contributed by atoms with van der Waals surface area (Å²) in [6.07, 6.45) is -3.88. The second-order valence-corrected chi connectivity index (χ2v) is 3.56. The van der Waals surface area contributed by atoms with Gasteiger partial charge in [-0.05, 0) is 19.4 Å². The summed E-state index contributed by atoms with van der Waals surface area (Å²) in [5.41, 5.74) is -2.47. The molecule has 13 heavy (non-hydrogen) atoms. The summed E-state index contributed by atoms with van der Waals surface area (Å²) >= 11 is 0. The zero-order valence-electron chi connectivity index (χ0n) is 7.56. The Labute approximate surface area is 75.3 Å². The van der Waals surface area contributed by atoms with Crippen LogP contribution in [-0.2, 0) is 0 Å². The average Bonchev–Trinajstić information content (AvgIpc) is 2.32. The highest BCUT2D eigenvalue weighted by Crippen LogP contribution is 2.37. The minimum absolute atomic E-state index is 0.198. The molecule has 0 aromatic carbocycles. The summed E-state index contributed by atoms with van der Waals surface area (Å²) in [5, 5.41) is 9.26. The molecule has 1 atom stereocenters. The number of halogens is 3. The van der Waals surface area contributed by atoms with Crippen molar-refractivity contribution in [3.8, 4) is 0 Å². The molecule has 5 heteroatoms. The first-order chi connectivity index (χ1) is 5.89. The second-order valence-electron chi connectivity index (χ2n) is 3.56. The van der Waals surface area contributed by atoms with E-state index in [2.05, 4.69) is 0 Å². The van der Waals surface area contributed by atoms with Gasteiger partial charge >= 0.3 is 6.18 Å². The maximum Gasteiger partial charge on any atom is 0.418 e. The molecule has 0 aliphatic carbocycles. The molecule has 1 aliphatic rings. The van der Waals surface area contributed by atoms with Gasteiger partial charge in [-0.25, -0.2) is 0 Å². The van der Waals surface area contributed by atoms with Crippen molar-refractivity contribution in [2.45, 2.75) is 31.5 Å². The first-order valence-corrected chi connectivity index (χ1v) is 4.40. The molecule has 0 aromatic heterocycles. The van der Waals surface area contributed by atoms with Gasteiger partial charge in [0, 0.05) is 13.1 Å². The molecule has 0 amide bonds. The summed E-state index contributed by atoms with van der Waals surface area (Å²) in [6, 6.07) is 0. The molecule has 1 N–H and O–H groups in total. The lowest BCUT2D eigenvalue weighted by Gasteiger charge is -2.25. The Kier molecular flexibility index (Phi) is 2.87. The van der Waals surface area contributed by atoms with Crippen molar-refractivity contribution in [2.24, 2.45) is 0 Å². The van der Waals surface area contributed by atoms with Crippen LogP contribution < -0.4 is 0 Å². The lowest BCUT2D eigenvalue weighted by atomic mass is 10.0. The molecule has 1 saturated heterocycles. The van der Waals surface area contributed by atoms with E-state index >= 15 is 0 Å². The van der Waals surface area contributed by atoms with Gasteiger partial charge < -0.3 is 10.0 Å². The van der Waals surface area contributed by atoms with Crippen molar-refractivity contribution in [1.29, 1.82) is 0 Å². The number of likely N-dealkylation sites (tertiary alicyclic amines) is 1. The largest absolute Gasteiger partial charge is 0.418 e. The zero-order valence-corrected chi connectivity index (χ0v) is 7.56. The van der Waals surface area contributed by atoms with Crippen LogP contribution in [0.15, 0.2) is 0 Å². The predicted octanol–water partition coefficient (Wildman–Crippen LogP) is 1.40. The Morgan fingerprint density at radius 1 is 1.46 bits per heavy atom. The molecule has 0 radical (unpaired) electrons. The third kappa shape index (κ3) is 2.14. The van der Waals surface area contributed by atoms with E-state index in [0.29, 0.717) is 13.1 Å². The molecular formula is C8H14F3NO. The molecule has 78 valence electrons. The highest BCUT2D eigenvalue weighted by molar-refractivity contribution is 4.95. The topological polar surface area (TPSA) is 23.5 Å². The highest BCUT2D eigenvalue weighted by Gasteiger charge is 2.56. The van der Waals surface area contributed by atoms with Crippen LogP contribution in [0.25, 0.3) is 0 Å². The monoisotopic (exact) mass is 197 g/mol. The van der Waals surface area contributed by atoms with Crippen molar-refractivity contribution in [3.63, 3.8) is 0 Å². The average molecular weight is 197 g/mol. The Bertz CT molecular complexity index is 183. The lowest BCUT2D eigenvalue weighted by molar-refractivity contribution is -0.253.